The van der Waals surface area contributed by atoms with Crippen molar-refractivity contribution >= 4 is 5.91 Å². The van der Waals surface area contributed by atoms with Gasteiger partial charge in [0.15, 0.2) is 0 Å². The van der Waals surface area contributed by atoms with Crippen LogP contribution in [0.5, 0.6) is 0 Å². The second kappa shape index (κ2) is 4.93. The van der Waals surface area contributed by atoms with Gasteiger partial charge in [-0.2, -0.15) is 5.26 Å². The van der Waals surface area contributed by atoms with Gasteiger partial charge in [0, 0.05) is 13.1 Å². The van der Waals surface area contributed by atoms with Crippen LogP contribution in [-0.2, 0) is 4.74 Å². The highest BCUT2D eigenvalue weighted by atomic mass is 16.5. The molecule has 2 heterocycles. The number of hydrogen-bond donors (Lipinski definition) is 0. The van der Waals surface area contributed by atoms with Crippen LogP contribution in [0.15, 0.2) is 12.1 Å². The minimum atomic E-state index is -0.0964. The molecule has 1 saturated heterocycles. The molecule has 0 spiro atoms. The fourth-order valence-corrected chi connectivity index (χ4v) is 1.73. The molecule has 0 N–H and O–H groups in total. The molecule has 1 aliphatic rings. The number of hydrogen-bond acceptors (Lipinski definition) is 4. The number of aryl methyl sites for hydroxylation is 1. The molecule has 17 heavy (non-hydrogen) atoms. The van der Waals surface area contributed by atoms with Crippen molar-refractivity contribution in [3.8, 4) is 6.07 Å². The predicted molar refractivity (Wildman–Crippen MR) is 60.4 cm³/mol. The van der Waals surface area contributed by atoms with Crippen LogP contribution in [0, 0.1) is 18.3 Å². The number of amides is 1. The molecule has 2 rings (SSSR count). The van der Waals surface area contributed by atoms with Gasteiger partial charge in [-0.15, -0.1) is 0 Å². The van der Waals surface area contributed by atoms with Crippen LogP contribution in [-0.4, -0.2) is 42.1 Å². The molecule has 0 atom stereocenters. The van der Waals surface area contributed by atoms with Gasteiger partial charge in [0.05, 0.1) is 24.5 Å². The average Bonchev–Trinajstić information content (AvgIpc) is 2.39. The molecule has 0 saturated carbocycles. The number of pyridine rings is 1. The molecule has 0 aliphatic carbocycles. The van der Waals surface area contributed by atoms with Crippen LogP contribution in [0.1, 0.15) is 21.7 Å². The third kappa shape index (κ3) is 2.43. The molecule has 0 unspecified atom stereocenters. The van der Waals surface area contributed by atoms with E-state index in [1.807, 2.05) is 6.07 Å². The maximum absolute atomic E-state index is 12.1. The lowest BCUT2D eigenvalue weighted by molar-refractivity contribution is 0.0299. The maximum atomic E-state index is 12.1. The van der Waals surface area contributed by atoms with E-state index in [4.69, 9.17) is 10.00 Å². The van der Waals surface area contributed by atoms with Gasteiger partial charge in [0.25, 0.3) is 5.91 Å². The lowest BCUT2D eigenvalue weighted by Crippen LogP contribution is -2.41. The van der Waals surface area contributed by atoms with Gasteiger partial charge < -0.3 is 9.64 Å². The number of morpholine rings is 1. The molecule has 0 radical (unpaired) electrons. The number of nitriles is 1. The highest BCUT2D eigenvalue weighted by Gasteiger charge is 2.19. The lowest BCUT2D eigenvalue weighted by atomic mass is 10.2. The molecule has 0 aromatic carbocycles. The van der Waals surface area contributed by atoms with E-state index in [9.17, 15) is 4.79 Å². The summed E-state index contributed by atoms with van der Waals surface area (Å²) < 4.78 is 5.19. The molecular formula is C12H13N3O2. The monoisotopic (exact) mass is 231 g/mol. The predicted octanol–water partition coefficient (Wildman–Crippen LogP) is 0.734. The molecule has 1 amide bonds. The summed E-state index contributed by atoms with van der Waals surface area (Å²) in [6, 6.07) is 5.27. The van der Waals surface area contributed by atoms with E-state index >= 15 is 0 Å². The van der Waals surface area contributed by atoms with Crippen molar-refractivity contribution in [2.75, 3.05) is 26.3 Å². The minimum absolute atomic E-state index is 0.0964. The zero-order valence-corrected chi connectivity index (χ0v) is 9.64. The first-order chi connectivity index (χ1) is 8.22. The van der Waals surface area contributed by atoms with Gasteiger partial charge in [-0.05, 0) is 19.1 Å². The van der Waals surface area contributed by atoms with Crippen molar-refractivity contribution in [3.05, 3.63) is 29.1 Å². The van der Waals surface area contributed by atoms with Crippen molar-refractivity contribution in [1.82, 2.24) is 9.88 Å². The standard InChI is InChI=1S/C12H13N3O2/c1-9-10(8-13)2-3-11(14-9)12(16)15-4-6-17-7-5-15/h2-3H,4-7H2,1H3. The normalized spacial score (nSPS) is 15.4. The third-order valence-electron chi connectivity index (χ3n) is 2.72. The summed E-state index contributed by atoms with van der Waals surface area (Å²) in [5.41, 5.74) is 1.48. The van der Waals surface area contributed by atoms with Gasteiger partial charge in [-0.1, -0.05) is 0 Å². The summed E-state index contributed by atoms with van der Waals surface area (Å²) in [5.74, 6) is -0.0964. The van der Waals surface area contributed by atoms with Gasteiger partial charge >= 0.3 is 0 Å². The summed E-state index contributed by atoms with van der Waals surface area (Å²) >= 11 is 0. The number of ether oxygens (including phenoxy) is 1. The Kier molecular flexibility index (Phi) is 3.35. The summed E-state index contributed by atoms with van der Waals surface area (Å²) in [6.45, 7) is 4.07. The van der Waals surface area contributed by atoms with Crippen LogP contribution in [0.4, 0.5) is 0 Å². The summed E-state index contributed by atoms with van der Waals surface area (Å²) in [7, 11) is 0. The molecule has 1 aromatic rings. The Morgan fingerprint density at radius 2 is 2.18 bits per heavy atom. The molecule has 5 heteroatoms. The van der Waals surface area contributed by atoms with Gasteiger partial charge in [-0.3, -0.25) is 4.79 Å². The van der Waals surface area contributed by atoms with Crippen molar-refractivity contribution < 1.29 is 9.53 Å². The molecule has 1 aliphatic heterocycles. The Morgan fingerprint density at radius 1 is 1.47 bits per heavy atom. The van der Waals surface area contributed by atoms with Crippen LogP contribution in [0.2, 0.25) is 0 Å². The number of carbonyl (C=O) groups is 1. The zero-order chi connectivity index (χ0) is 12.3. The van der Waals surface area contributed by atoms with E-state index in [-0.39, 0.29) is 5.91 Å². The summed E-state index contributed by atoms with van der Waals surface area (Å²) in [6.07, 6.45) is 0. The summed E-state index contributed by atoms with van der Waals surface area (Å²) in [5, 5.41) is 8.79. The first kappa shape index (κ1) is 11.6. The van der Waals surface area contributed by atoms with Crippen LogP contribution < -0.4 is 0 Å². The van der Waals surface area contributed by atoms with E-state index in [0.717, 1.165) is 0 Å². The molecule has 1 aromatic heterocycles. The van der Waals surface area contributed by atoms with Crippen LogP contribution >= 0.6 is 0 Å². The molecule has 0 bridgehead atoms. The van der Waals surface area contributed by atoms with E-state index < -0.39 is 0 Å². The largest absolute Gasteiger partial charge is 0.378 e. The Bertz CT molecular complexity index is 473. The second-order valence-corrected chi connectivity index (χ2v) is 3.85. The van der Waals surface area contributed by atoms with E-state index in [2.05, 4.69) is 4.98 Å². The highest BCUT2D eigenvalue weighted by molar-refractivity contribution is 5.92. The maximum Gasteiger partial charge on any atom is 0.272 e. The van der Waals surface area contributed by atoms with Crippen molar-refractivity contribution in [2.45, 2.75) is 6.92 Å². The smallest absolute Gasteiger partial charge is 0.272 e. The zero-order valence-electron chi connectivity index (χ0n) is 9.64. The number of carbonyl (C=O) groups excluding carboxylic acids is 1. The molecular weight excluding hydrogens is 218 g/mol. The first-order valence-electron chi connectivity index (χ1n) is 5.47. The van der Waals surface area contributed by atoms with Gasteiger partial charge in [0.2, 0.25) is 0 Å². The number of aromatic nitrogens is 1. The second-order valence-electron chi connectivity index (χ2n) is 3.85. The Labute approximate surface area is 99.6 Å². The fraction of sp³-hybridized carbons (Fsp3) is 0.417. The van der Waals surface area contributed by atoms with Crippen molar-refractivity contribution in [1.29, 1.82) is 5.26 Å². The lowest BCUT2D eigenvalue weighted by Gasteiger charge is -2.26. The van der Waals surface area contributed by atoms with E-state index in [0.29, 0.717) is 43.3 Å². The topological polar surface area (TPSA) is 66.2 Å². The highest BCUT2D eigenvalue weighted by Crippen LogP contribution is 2.09. The minimum Gasteiger partial charge on any atom is -0.378 e. The number of rotatable bonds is 1. The average molecular weight is 231 g/mol. The van der Waals surface area contributed by atoms with E-state index in [1.165, 1.54) is 0 Å². The quantitative estimate of drug-likeness (QED) is 0.714. The first-order valence-corrected chi connectivity index (χ1v) is 5.47. The van der Waals surface area contributed by atoms with Crippen LogP contribution in [0.3, 0.4) is 0 Å². The molecule has 88 valence electrons. The van der Waals surface area contributed by atoms with Crippen molar-refractivity contribution in [2.24, 2.45) is 0 Å². The molecule has 1 fully saturated rings. The SMILES string of the molecule is Cc1nc(C(=O)N2CCOCC2)ccc1C#N. The Morgan fingerprint density at radius 3 is 2.76 bits per heavy atom. The van der Waals surface area contributed by atoms with Gasteiger partial charge in [0.1, 0.15) is 11.8 Å². The Hall–Kier alpha value is -1.93. The summed E-state index contributed by atoms with van der Waals surface area (Å²) in [4.78, 5) is 18.0. The van der Waals surface area contributed by atoms with E-state index in [1.54, 1.807) is 24.0 Å². The molecule has 5 nitrogen and oxygen atoms in total. The van der Waals surface area contributed by atoms with Crippen LogP contribution in [0.25, 0.3) is 0 Å². The number of nitrogens with zero attached hydrogens (tertiary/aromatic N) is 3. The Balaban J connectivity index is 2.19. The third-order valence-corrected chi connectivity index (χ3v) is 2.72. The van der Waals surface area contributed by atoms with Crippen molar-refractivity contribution in [3.63, 3.8) is 0 Å². The van der Waals surface area contributed by atoms with Gasteiger partial charge in [-0.25, -0.2) is 4.98 Å². The fourth-order valence-electron chi connectivity index (χ4n) is 1.73.